The van der Waals surface area contributed by atoms with Gasteiger partial charge in [-0.2, -0.15) is 18.4 Å². The Morgan fingerprint density at radius 3 is 2.46 bits per heavy atom. The van der Waals surface area contributed by atoms with Gasteiger partial charge in [-0.3, -0.25) is 39.2 Å². The molecule has 3 N–H and O–H groups in total. The Hall–Kier alpha value is -5.57. The molecular formula is C42H47F3N8O5S. The summed E-state index contributed by atoms with van der Waals surface area (Å²) in [5.74, 6) is -0.636. The maximum absolute atomic E-state index is 13.8. The Morgan fingerprint density at radius 1 is 1.05 bits per heavy atom. The largest absolute Gasteiger partial charge is 0.492 e. The number of hydrogen-bond donors (Lipinski definition) is 3. The maximum atomic E-state index is 13.8. The van der Waals surface area contributed by atoms with Crippen LogP contribution in [0.25, 0.3) is 0 Å². The third kappa shape index (κ3) is 9.51. The van der Waals surface area contributed by atoms with Gasteiger partial charge in [-0.05, 0) is 105 Å². The molecule has 0 aliphatic carbocycles. The number of carbonyl (C=O) groups is 4. The number of halogens is 3. The topological polar surface area (TPSA) is 150 Å². The van der Waals surface area contributed by atoms with Gasteiger partial charge >= 0.3 is 6.18 Å². The van der Waals surface area contributed by atoms with E-state index in [4.69, 9.17) is 17.0 Å². The fraction of sp³-hybridized carbons (Fsp3) is 0.429. The minimum atomic E-state index is -4.80. The third-order valence-corrected chi connectivity index (χ3v) is 11.2. The predicted octanol–water partition coefficient (Wildman–Crippen LogP) is 5.86. The van der Waals surface area contributed by atoms with Crippen molar-refractivity contribution in [3.05, 3.63) is 77.4 Å². The molecule has 0 bridgehead atoms. The highest BCUT2D eigenvalue weighted by Gasteiger charge is 2.51. The molecule has 312 valence electrons. The molecule has 3 saturated heterocycles. The number of nitrogens with zero attached hydrogens (tertiary/aromatic N) is 5. The van der Waals surface area contributed by atoms with Gasteiger partial charge in [-0.15, -0.1) is 0 Å². The molecule has 0 saturated carbocycles. The summed E-state index contributed by atoms with van der Waals surface area (Å²) in [6.07, 6.45) is -4.14. The van der Waals surface area contributed by atoms with E-state index in [9.17, 15) is 37.6 Å². The van der Waals surface area contributed by atoms with Crippen molar-refractivity contribution in [3.63, 3.8) is 0 Å². The van der Waals surface area contributed by atoms with Gasteiger partial charge in [0, 0.05) is 55.7 Å². The van der Waals surface area contributed by atoms with E-state index in [1.54, 1.807) is 55.1 Å². The fourth-order valence-electron chi connectivity index (χ4n) is 7.61. The van der Waals surface area contributed by atoms with Crippen molar-refractivity contribution in [1.82, 2.24) is 15.1 Å². The van der Waals surface area contributed by atoms with Gasteiger partial charge < -0.3 is 20.3 Å². The third-order valence-electron chi connectivity index (χ3n) is 10.8. The van der Waals surface area contributed by atoms with Crippen molar-refractivity contribution in [2.45, 2.75) is 77.2 Å². The van der Waals surface area contributed by atoms with Crippen molar-refractivity contribution < 1.29 is 37.1 Å². The first-order chi connectivity index (χ1) is 27.9. The van der Waals surface area contributed by atoms with E-state index in [0.717, 1.165) is 35.7 Å². The first-order valence-electron chi connectivity index (χ1n) is 19.4. The Kier molecular flexibility index (Phi) is 12.6. The van der Waals surface area contributed by atoms with Gasteiger partial charge in [0.1, 0.15) is 23.9 Å². The number of carbonyl (C=O) groups excluding carboxylic acids is 4. The zero-order valence-electron chi connectivity index (χ0n) is 33.5. The Bertz CT molecular complexity index is 2190. The molecular weight excluding hydrogens is 786 g/mol. The fourth-order valence-corrected chi connectivity index (χ4v) is 8.14. The lowest BCUT2D eigenvalue weighted by Gasteiger charge is -2.39. The van der Waals surface area contributed by atoms with Crippen LogP contribution in [0.2, 0.25) is 0 Å². The number of hydrogen-bond acceptors (Lipinski definition) is 10. The van der Waals surface area contributed by atoms with Crippen molar-refractivity contribution in [3.8, 4) is 11.8 Å². The van der Waals surface area contributed by atoms with Crippen LogP contribution in [0, 0.1) is 11.3 Å². The van der Waals surface area contributed by atoms with Gasteiger partial charge in [-0.1, -0.05) is 19.9 Å². The molecule has 6 rings (SSSR count). The second kappa shape index (κ2) is 17.3. The zero-order chi connectivity index (χ0) is 42.8. The van der Waals surface area contributed by atoms with Crippen molar-refractivity contribution in [1.29, 1.82) is 5.26 Å². The molecule has 3 aromatic rings. The second-order valence-electron chi connectivity index (χ2n) is 15.8. The summed E-state index contributed by atoms with van der Waals surface area (Å²) < 4.78 is 47.7. The van der Waals surface area contributed by atoms with E-state index >= 15 is 0 Å². The molecule has 59 heavy (non-hydrogen) atoms. The van der Waals surface area contributed by atoms with Gasteiger partial charge in [0.2, 0.25) is 17.7 Å². The van der Waals surface area contributed by atoms with E-state index in [2.05, 4.69) is 32.7 Å². The zero-order valence-corrected chi connectivity index (χ0v) is 34.3. The van der Waals surface area contributed by atoms with Crippen LogP contribution in [0.5, 0.6) is 5.75 Å². The number of alkyl halides is 3. The number of nitrogens with one attached hydrogen (secondary N) is 3. The molecule has 4 amide bonds. The predicted molar refractivity (Wildman–Crippen MR) is 221 cm³/mol. The highest BCUT2D eigenvalue weighted by molar-refractivity contribution is 7.81. The van der Waals surface area contributed by atoms with E-state index in [0.29, 0.717) is 48.9 Å². The molecule has 0 aromatic heterocycles. The summed E-state index contributed by atoms with van der Waals surface area (Å²) in [5, 5.41) is 17.7. The van der Waals surface area contributed by atoms with Crippen LogP contribution < -0.4 is 30.5 Å². The lowest BCUT2D eigenvalue weighted by Crippen LogP contribution is -2.54. The van der Waals surface area contributed by atoms with Gasteiger partial charge in [0.05, 0.1) is 29.4 Å². The number of benzene rings is 3. The van der Waals surface area contributed by atoms with E-state index in [-0.39, 0.29) is 53.4 Å². The SMILES string of the molecule is CC(C)c1cc(N2C(=S)N(c3ccc(C#N)c(C(F)(F)F)c3)C(=O)C2(C)C)ccc1OCCN1CCN(CC(=O)Nc2cccc(NC3CCC(=O)NC3=O)c2)[C@H](C)C1. The number of anilines is 4. The number of nitriles is 1. The second-order valence-corrected chi connectivity index (χ2v) is 16.1. The molecule has 3 heterocycles. The summed E-state index contributed by atoms with van der Waals surface area (Å²) in [6.45, 7) is 12.8. The number of piperazine rings is 1. The molecule has 2 atom stereocenters. The normalized spacial score (nSPS) is 20.1. The molecule has 3 fully saturated rings. The highest BCUT2D eigenvalue weighted by atomic mass is 32.1. The van der Waals surface area contributed by atoms with E-state index < -0.39 is 34.8 Å². The smallest absolute Gasteiger partial charge is 0.417 e. The molecule has 3 aromatic carbocycles. The number of imide groups is 1. The van der Waals surface area contributed by atoms with Crippen molar-refractivity contribution >= 4 is 63.7 Å². The molecule has 1 unspecified atom stereocenters. The highest BCUT2D eigenvalue weighted by Crippen LogP contribution is 2.41. The number of ether oxygens (including phenoxy) is 1. The number of thiocarbonyl (C=S) groups is 1. The first-order valence-corrected chi connectivity index (χ1v) is 19.8. The van der Waals surface area contributed by atoms with Gasteiger partial charge in [0.15, 0.2) is 5.11 Å². The summed E-state index contributed by atoms with van der Waals surface area (Å²) in [5.41, 5.74) is -0.293. The van der Waals surface area contributed by atoms with Crippen LogP contribution in [-0.4, -0.2) is 95.5 Å². The maximum Gasteiger partial charge on any atom is 0.417 e. The van der Waals surface area contributed by atoms with Crippen LogP contribution in [-0.2, 0) is 25.4 Å². The summed E-state index contributed by atoms with van der Waals surface area (Å²) in [7, 11) is 0. The van der Waals surface area contributed by atoms with Gasteiger partial charge in [-0.25, -0.2) is 0 Å². The Labute approximate surface area is 346 Å². The molecule has 3 aliphatic heterocycles. The van der Waals surface area contributed by atoms with E-state index in [1.807, 2.05) is 26.0 Å². The molecule has 0 spiro atoms. The lowest BCUT2D eigenvalue weighted by atomic mass is 9.98. The van der Waals surface area contributed by atoms with Crippen molar-refractivity contribution in [2.75, 3.05) is 59.8 Å². The quantitative estimate of drug-likeness (QED) is 0.149. The average Bonchev–Trinajstić information content (AvgIpc) is 3.35. The first kappa shape index (κ1) is 43.0. The van der Waals surface area contributed by atoms with Crippen molar-refractivity contribution in [2.24, 2.45) is 0 Å². The van der Waals surface area contributed by atoms with Crippen LogP contribution >= 0.6 is 12.2 Å². The number of amides is 4. The summed E-state index contributed by atoms with van der Waals surface area (Å²) >= 11 is 5.74. The van der Waals surface area contributed by atoms with Crippen LogP contribution in [0.15, 0.2) is 60.7 Å². The number of rotatable bonds is 12. The van der Waals surface area contributed by atoms with Crippen LogP contribution in [0.3, 0.4) is 0 Å². The Morgan fingerprint density at radius 2 is 1.78 bits per heavy atom. The monoisotopic (exact) mass is 832 g/mol. The standard InChI is InChI=1S/C42H47F3N8O5S/c1-25(2)32-20-31(53-40(59)52(39(57)41(53,4)5)30-10-9-27(22-46)33(21-30)42(43,44)45)11-13-35(32)58-18-17-50-15-16-51(26(3)23-50)24-37(55)48-29-8-6-7-28(19-29)47-34-12-14-36(54)49-38(34)56/h6-11,13,19-21,25-26,34,47H,12,14-18,23-24H2,1-5H3,(H,48,55)(H,49,54,56)/t26-,34?/m1/s1. The Balaban J connectivity index is 1.03. The molecule has 13 nitrogen and oxygen atoms in total. The van der Waals surface area contributed by atoms with Crippen LogP contribution in [0.1, 0.15) is 70.1 Å². The average molecular weight is 833 g/mol. The molecule has 3 aliphatic rings. The summed E-state index contributed by atoms with van der Waals surface area (Å²) in [6, 6.07) is 16.9. The number of piperidine rings is 1. The molecule has 0 radical (unpaired) electrons. The van der Waals surface area contributed by atoms with Crippen LogP contribution in [0.4, 0.5) is 35.9 Å². The molecule has 17 heteroatoms. The minimum Gasteiger partial charge on any atom is -0.492 e. The lowest BCUT2D eigenvalue weighted by molar-refractivity contribution is -0.138. The van der Waals surface area contributed by atoms with Gasteiger partial charge in [0.25, 0.3) is 5.91 Å². The van der Waals surface area contributed by atoms with E-state index in [1.165, 1.54) is 6.07 Å². The minimum absolute atomic E-state index is 0.0143. The summed E-state index contributed by atoms with van der Waals surface area (Å²) in [4.78, 5) is 57.6.